The van der Waals surface area contributed by atoms with Crippen LogP contribution in [0.5, 0.6) is 0 Å². The smallest absolute Gasteiger partial charge is 0.147 e. The molecule has 0 amide bonds. The van der Waals surface area contributed by atoms with E-state index in [4.69, 9.17) is 23.2 Å². The Kier molecular flexibility index (Phi) is 4.66. The summed E-state index contributed by atoms with van der Waals surface area (Å²) in [6.45, 7) is 0.290. The van der Waals surface area contributed by atoms with Crippen LogP contribution >= 0.6 is 39.1 Å². The zero-order valence-corrected chi connectivity index (χ0v) is 12.6. The van der Waals surface area contributed by atoms with Gasteiger partial charge in [0.1, 0.15) is 11.6 Å². The van der Waals surface area contributed by atoms with Gasteiger partial charge in [-0.15, -0.1) is 0 Å². The van der Waals surface area contributed by atoms with Crippen LogP contribution in [0.3, 0.4) is 0 Å². The molecular formula is C13H8BrCl2F2N. The van der Waals surface area contributed by atoms with E-state index in [1.54, 1.807) is 18.2 Å². The minimum absolute atomic E-state index is 0.0804. The van der Waals surface area contributed by atoms with Crippen molar-refractivity contribution in [2.24, 2.45) is 0 Å². The SMILES string of the molecule is Fc1cc(NCc2cc(Cl)cc(Cl)c2)c(F)cc1Br. The molecule has 0 atom stereocenters. The van der Waals surface area contributed by atoms with Crippen LogP contribution in [-0.2, 0) is 6.54 Å². The molecule has 0 unspecified atom stereocenters. The van der Waals surface area contributed by atoms with Gasteiger partial charge >= 0.3 is 0 Å². The summed E-state index contributed by atoms with van der Waals surface area (Å²) in [7, 11) is 0. The number of anilines is 1. The number of nitrogens with one attached hydrogen (secondary N) is 1. The average Bonchev–Trinajstić information content (AvgIpc) is 2.31. The van der Waals surface area contributed by atoms with Gasteiger partial charge in [0.2, 0.25) is 0 Å². The molecule has 2 aromatic rings. The van der Waals surface area contributed by atoms with Crippen LogP contribution in [0.1, 0.15) is 5.56 Å². The summed E-state index contributed by atoms with van der Waals surface area (Å²) in [5.74, 6) is -1.07. The maximum Gasteiger partial charge on any atom is 0.147 e. The first-order chi connectivity index (χ1) is 8.95. The van der Waals surface area contributed by atoms with Gasteiger partial charge in [-0.25, -0.2) is 8.78 Å². The molecule has 0 saturated heterocycles. The fraction of sp³-hybridized carbons (Fsp3) is 0.0769. The van der Waals surface area contributed by atoms with Gasteiger partial charge in [-0.3, -0.25) is 0 Å². The average molecular weight is 367 g/mol. The summed E-state index contributed by atoms with van der Waals surface area (Å²) in [5, 5.41) is 3.78. The molecule has 0 radical (unpaired) electrons. The molecule has 19 heavy (non-hydrogen) atoms. The second-order valence-electron chi connectivity index (χ2n) is 3.88. The molecule has 0 heterocycles. The van der Waals surface area contributed by atoms with Crippen molar-refractivity contribution in [3.8, 4) is 0 Å². The van der Waals surface area contributed by atoms with E-state index in [0.29, 0.717) is 10.0 Å². The van der Waals surface area contributed by atoms with Crippen molar-refractivity contribution in [1.29, 1.82) is 0 Å². The molecule has 0 fully saturated rings. The van der Waals surface area contributed by atoms with Crippen LogP contribution in [0.2, 0.25) is 10.0 Å². The molecule has 0 aliphatic carbocycles. The van der Waals surface area contributed by atoms with Gasteiger partial charge in [-0.1, -0.05) is 23.2 Å². The summed E-state index contributed by atoms with van der Waals surface area (Å²) < 4.78 is 27.0. The standard InChI is InChI=1S/C13H8BrCl2F2N/c14-10-4-12(18)13(5-11(10)17)19-6-7-1-8(15)3-9(16)2-7/h1-5,19H,6H2. The monoisotopic (exact) mass is 365 g/mol. The van der Waals surface area contributed by atoms with Gasteiger partial charge in [-0.2, -0.15) is 0 Å². The summed E-state index contributed by atoms with van der Waals surface area (Å²) in [6.07, 6.45) is 0. The second-order valence-corrected chi connectivity index (χ2v) is 5.60. The normalized spacial score (nSPS) is 10.6. The second kappa shape index (κ2) is 6.07. The minimum atomic E-state index is -0.540. The molecule has 2 aromatic carbocycles. The molecule has 1 nitrogen and oxygen atoms in total. The highest BCUT2D eigenvalue weighted by molar-refractivity contribution is 9.10. The van der Waals surface area contributed by atoms with Crippen molar-refractivity contribution in [2.75, 3.05) is 5.32 Å². The van der Waals surface area contributed by atoms with Crippen LogP contribution in [0.15, 0.2) is 34.8 Å². The van der Waals surface area contributed by atoms with Crippen LogP contribution in [-0.4, -0.2) is 0 Å². The van der Waals surface area contributed by atoms with Crippen LogP contribution < -0.4 is 5.32 Å². The lowest BCUT2D eigenvalue weighted by molar-refractivity contribution is 0.596. The first-order valence-electron chi connectivity index (χ1n) is 5.29. The Morgan fingerprint density at radius 1 is 0.947 bits per heavy atom. The van der Waals surface area contributed by atoms with Crippen molar-refractivity contribution < 1.29 is 8.78 Å². The van der Waals surface area contributed by atoms with E-state index in [0.717, 1.165) is 17.7 Å². The number of benzene rings is 2. The summed E-state index contributed by atoms with van der Waals surface area (Å²) in [6, 6.07) is 7.17. The third kappa shape index (κ3) is 3.81. The van der Waals surface area contributed by atoms with Crippen molar-refractivity contribution in [2.45, 2.75) is 6.54 Å². The molecular weight excluding hydrogens is 359 g/mol. The topological polar surface area (TPSA) is 12.0 Å². The van der Waals surface area contributed by atoms with Crippen LogP contribution in [0.25, 0.3) is 0 Å². The molecule has 0 aromatic heterocycles. The molecule has 1 N–H and O–H groups in total. The Labute approximate surface area is 127 Å². The highest BCUT2D eigenvalue weighted by Crippen LogP contribution is 2.25. The zero-order valence-electron chi connectivity index (χ0n) is 9.48. The van der Waals surface area contributed by atoms with E-state index in [1.165, 1.54) is 0 Å². The number of rotatable bonds is 3. The van der Waals surface area contributed by atoms with Gasteiger partial charge in [0.15, 0.2) is 0 Å². The van der Waals surface area contributed by atoms with Gasteiger partial charge < -0.3 is 5.32 Å². The molecule has 2 rings (SSSR count). The Morgan fingerprint density at radius 2 is 1.58 bits per heavy atom. The Hall–Kier alpha value is -0.840. The van der Waals surface area contributed by atoms with Gasteiger partial charge in [0, 0.05) is 22.7 Å². The lowest BCUT2D eigenvalue weighted by atomic mass is 10.2. The van der Waals surface area contributed by atoms with E-state index in [-0.39, 0.29) is 16.7 Å². The molecule has 0 spiro atoms. The van der Waals surface area contributed by atoms with Crippen molar-refractivity contribution in [3.05, 3.63) is 62.0 Å². The van der Waals surface area contributed by atoms with E-state index in [1.807, 2.05) is 0 Å². The summed E-state index contributed by atoms with van der Waals surface area (Å²) >= 11 is 14.6. The molecule has 0 bridgehead atoms. The largest absolute Gasteiger partial charge is 0.379 e. The first kappa shape index (κ1) is 14.6. The lowest BCUT2D eigenvalue weighted by Gasteiger charge is -2.09. The predicted molar refractivity (Wildman–Crippen MR) is 77.8 cm³/mol. The van der Waals surface area contributed by atoms with Crippen molar-refractivity contribution in [1.82, 2.24) is 0 Å². The van der Waals surface area contributed by atoms with E-state index in [2.05, 4.69) is 21.2 Å². The van der Waals surface area contributed by atoms with Gasteiger partial charge in [0.25, 0.3) is 0 Å². The first-order valence-corrected chi connectivity index (χ1v) is 6.84. The quantitative estimate of drug-likeness (QED) is 0.692. The fourth-order valence-electron chi connectivity index (χ4n) is 1.57. The van der Waals surface area contributed by atoms with Crippen LogP contribution in [0.4, 0.5) is 14.5 Å². The van der Waals surface area contributed by atoms with Gasteiger partial charge in [0.05, 0.1) is 10.2 Å². The van der Waals surface area contributed by atoms with E-state index >= 15 is 0 Å². The Bertz CT molecular complexity index is 600. The maximum absolute atomic E-state index is 13.6. The van der Waals surface area contributed by atoms with E-state index in [9.17, 15) is 8.78 Å². The predicted octanol–water partition coefficient (Wildman–Crippen LogP) is 5.65. The molecule has 100 valence electrons. The molecule has 0 aliphatic rings. The third-order valence-electron chi connectivity index (χ3n) is 2.42. The third-order valence-corrected chi connectivity index (χ3v) is 3.46. The molecule has 6 heteroatoms. The van der Waals surface area contributed by atoms with Crippen LogP contribution in [0, 0.1) is 11.6 Å². The Balaban J connectivity index is 2.16. The number of hydrogen-bond donors (Lipinski definition) is 1. The molecule has 0 aliphatic heterocycles. The van der Waals surface area contributed by atoms with Gasteiger partial charge in [-0.05, 0) is 45.8 Å². The lowest BCUT2D eigenvalue weighted by Crippen LogP contribution is -2.02. The highest BCUT2D eigenvalue weighted by atomic mass is 79.9. The minimum Gasteiger partial charge on any atom is -0.379 e. The number of hydrogen-bond acceptors (Lipinski definition) is 1. The number of halogens is 5. The molecule has 0 saturated carbocycles. The van der Waals surface area contributed by atoms with Crippen molar-refractivity contribution in [3.63, 3.8) is 0 Å². The summed E-state index contributed by atoms with van der Waals surface area (Å²) in [5.41, 5.74) is 0.858. The highest BCUT2D eigenvalue weighted by Gasteiger charge is 2.08. The van der Waals surface area contributed by atoms with E-state index < -0.39 is 11.6 Å². The maximum atomic E-state index is 13.6. The summed E-state index contributed by atoms with van der Waals surface area (Å²) in [4.78, 5) is 0. The van der Waals surface area contributed by atoms with Crippen molar-refractivity contribution >= 4 is 44.8 Å². The fourth-order valence-corrected chi connectivity index (χ4v) is 2.46. The Morgan fingerprint density at radius 3 is 2.21 bits per heavy atom. The zero-order chi connectivity index (χ0) is 14.0.